The quantitative estimate of drug-likeness (QED) is 0.489. The fourth-order valence-corrected chi connectivity index (χ4v) is 2.66. The number of carbonyl (C=O) groups is 2. The Kier molecular flexibility index (Phi) is 4.71. The molecular formula is C21H16N4O3. The van der Waals surface area contributed by atoms with Crippen LogP contribution in [0.25, 0.3) is 11.3 Å². The zero-order chi connectivity index (χ0) is 19.3. The first-order valence-electron chi connectivity index (χ1n) is 8.55. The van der Waals surface area contributed by atoms with E-state index in [-0.39, 0.29) is 17.6 Å². The maximum absolute atomic E-state index is 12.4. The SMILES string of the molecule is O=C(Nc1ccc(-c2ccn[nH]2)cc1)c1ccc(NC(=O)c2ccco2)cc1. The number of carbonyl (C=O) groups excluding carboxylic acids is 2. The predicted molar refractivity (Wildman–Crippen MR) is 105 cm³/mol. The van der Waals surface area contributed by atoms with Gasteiger partial charge in [0, 0.05) is 23.1 Å². The summed E-state index contributed by atoms with van der Waals surface area (Å²) in [6, 6.07) is 19.2. The van der Waals surface area contributed by atoms with Gasteiger partial charge in [-0.2, -0.15) is 5.10 Å². The molecule has 0 spiro atoms. The smallest absolute Gasteiger partial charge is 0.291 e. The highest BCUT2D eigenvalue weighted by molar-refractivity contribution is 6.05. The van der Waals surface area contributed by atoms with Crippen molar-refractivity contribution in [2.45, 2.75) is 0 Å². The molecule has 0 unspecified atom stereocenters. The highest BCUT2D eigenvalue weighted by Crippen LogP contribution is 2.20. The molecule has 0 aliphatic carbocycles. The van der Waals surface area contributed by atoms with Gasteiger partial charge in [-0.25, -0.2) is 0 Å². The molecule has 0 bridgehead atoms. The standard InChI is InChI=1S/C21H16N4O3/c26-20(23-16-7-3-14(4-8-16)18-11-12-22-25-18)15-5-9-17(10-6-15)24-21(27)19-2-1-13-28-19/h1-13H,(H,22,25)(H,23,26)(H,24,27). The number of aromatic nitrogens is 2. The number of aromatic amines is 1. The number of benzene rings is 2. The van der Waals surface area contributed by atoms with Crippen LogP contribution in [-0.2, 0) is 0 Å². The molecule has 7 nitrogen and oxygen atoms in total. The molecule has 4 aromatic rings. The first-order chi connectivity index (χ1) is 13.7. The molecule has 0 saturated carbocycles. The van der Waals surface area contributed by atoms with Gasteiger partial charge in [-0.15, -0.1) is 0 Å². The highest BCUT2D eigenvalue weighted by atomic mass is 16.3. The summed E-state index contributed by atoms with van der Waals surface area (Å²) in [4.78, 5) is 24.4. The minimum Gasteiger partial charge on any atom is -0.459 e. The van der Waals surface area contributed by atoms with Gasteiger partial charge >= 0.3 is 0 Å². The Morgan fingerprint density at radius 3 is 2.11 bits per heavy atom. The number of furan rings is 1. The van der Waals surface area contributed by atoms with Crippen LogP contribution in [-0.4, -0.2) is 22.0 Å². The van der Waals surface area contributed by atoms with E-state index in [0.717, 1.165) is 11.3 Å². The zero-order valence-electron chi connectivity index (χ0n) is 14.7. The van der Waals surface area contributed by atoms with Crippen molar-refractivity contribution in [2.75, 3.05) is 10.6 Å². The third kappa shape index (κ3) is 3.83. The topological polar surface area (TPSA) is 100 Å². The van der Waals surface area contributed by atoms with Crippen molar-refractivity contribution < 1.29 is 14.0 Å². The third-order valence-corrected chi connectivity index (χ3v) is 4.10. The van der Waals surface area contributed by atoms with Crippen molar-refractivity contribution >= 4 is 23.2 Å². The van der Waals surface area contributed by atoms with Crippen LogP contribution in [0.1, 0.15) is 20.9 Å². The van der Waals surface area contributed by atoms with E-state index < -0.39 is 0 Å². The third-order valence-electron chi connectivity index (χ3n) is 4.10. The lowest BCUT2D eigenvalue weighted by molar-refractivity contribution is 0.0995. The van der Waals surface area contributed by atoms with E-state index in [2.05, 4.69) is 20.8 Å². The van der Waals surface area contributed by atoms with E-state index in [0.29, 0.717) is 16.9 Å². The van der Waals surface area contributed by atoms with Gasteiger partial charge in [-0.05, 0) is 60.2 Å². The molecule has 2 amide bonds. The van der Waals surface area contributed by atoms with Crippen LogP contribution >= 0.6 is 0 Å². The van der Waals surface area contributed by atoms with Crippen molar-refractivity contribution in [1.82, 2.24) is 10.2 Å². The Balaban J connectivity index is 1.39. The molecule has 2 aromatic carbocycles. The first kappa shape index (κ1) is 17.3. The fraction of sp³-hybridized carbons (Fsp3) is 0. The first-order valence-corrected chi connectivity index (χ1v) is 8.55. The predicted octanol–water partition coefficient (Wildman–Crippen LogP) is 4.17. The summed E-state index contributed by atoms with van der Waals surface area (Å²) in [5.41, 5.74) is 3.62. The van der Waals surface area contributed by atoms with E-state index in [4.69, 9.17) is 4.42 Å². The number of rotatable bonds is 5. The summed E-state index contributed by atoms with van der Waals surface area (Å²) < 4.78 is 5.05. The second kappa shape index (κ2) is 7.63. The van der Waals surface area contributed by atoms with Gasteiger partial charge in [0.1, 0.15) is 0 Å². The average molecular weight is 372 g/mol. The molecule has 138 valence electrons. The molecule has 0 atom stereocenters. The summed E-state index contributed by atoms with van der Waals surface area (Å²) in [5.74, 6) is -0.363. The molecular weight excluding hydrogens is 356 g/mol. The number of hydrogen-bond donors (Lipinski definition) is 3. The van der Waals surface area contributed by atoms with Gasteiger partial charge in [0.2, 0.25) is 0 Å². The summed E-state index contributed by atoms with van der Waals surface area (Å²) >= 11 is 0. The van der Waals surface area contributed by atoms with Crippen LogP contribution in [0.3, 0.4) is 0 Å². The lowest BCUT2D eigenvalue weighted by Crippen LogP contribution is -2.13. The van der Waals surface area contributed by atoms with Crippen LogP contribution < -0.4 is 10.6 Å². The van der Waals surface area contributed by atoms with E-state index >= 15 is 0 Å². The maximum Gasteiger partial charge on any atom is 0.291 e. The van der Waals surface area contributed by atoms with E-state index in [1.165, 1.54) is 6.26 Å². The second-order valence-electron chi connectivity index (χ2n) is 6.01. The van der Waals surface area contributed by atoms with E-state index in [9.17, 15) is 9.59 Å². The van der Waals surface area contributed by atoms with E-state index in [1.54, 1.807) is 42.6 Å². The molecule has 2 heterocycles. The molecule has 0 radical (unpaired) electrons. The van der Waals surface area contributed by atoms with Crippen molar-refractivity contribution in [3.8, 4) is 11.3 Å². The molecule has 28 heavy (non-hydrogen) atoms. The minimum atomic E-state index is -0.348. The van der Waals surface area contributed by atoms with Crippen molar-refractivity contribution in [3.63, 3.8) is 0 Å². The van der Waals surface area contributed by atoms with Crippen LogP contribution in [0.4, 0.5) is 11.4 Å². The van der Waals surface area contributed by atoms with Crippen molar-refractivity contribution in [1.29, 1.82) is 0 Å². The molecule has 2 aromatic heterocycles. The summed E-state index contributed by atoms with van der Waals surface area (Å²) in [5, 5.41) is 12.4. The Hall–Kier alpha value is -4.13. The molecule has 0 aliphatic rings. The van der Waals surface area contributed by atoms with Crippen LogP contribution in [0, 0.1) is 0 Å². The summed E-state index contributed by atoms with van der Waals surface area (Å²) in [6.07, 6.45) is 3.12. The molecule has 0 aliphatic heterocycles. The van der Waals surface area contributed by atoms with Crippen molar-refractivity contribution in [3.05, 3.63) is 90.5 Å². The number of nitrogens with zero attached hydrogens (tertiary/aromatic N) is 1. The normalized spacial score (nSPS) is 10.4. The van der Waals surface area contributed by atoms with Gasteiger partial charge in [0.05, 0.1) is 12.0 Å². The Labute approximate surface area is 160 Å². The highest BCUT2D eigenvalue weighted by Gasteiger charge is 2.10. The lowest BCUT2D eigenvalue weighted by atomic mass is 10.1. The molecule has 0 fully saturated rings. The number of hydrogen-bond acceptors (Lipinski definition) is 4. The Morgan fingerprint density at radius 1 is 0.821 bits per heavy atom. The van der Waals surface area contributed by atoms with Gasteiger partial charge < -0.3 is 15.1 Å². The molecule has 3 N–H and O–H groups in total. The number of anilines is 2. The second-order valence-corrected chi connectivity index (χ2v) is 6.01. The molecule has 4 rings (SSSR count). The van der Waals surface area contributed by atoms with E-state index in [1.807, 2.05) is 30.3 Å². The number of nitrogens with one attached hydrogen (secondary N) is 3. The lowest BCUT2D eigenvalue weighted by Gasteiger charge is -2.08. The zero-order valence-corrected chi connectivity index (χ0v) is 14.7. The Morgan fingerprint density at radius 2 is 1.50 bits per heavy atom. The summed E-state index contributed by atoms with van der Waals surface area (Å²) in [7, 11) is 0. The average Bonchev–Trinajstić information content (AvgIpc) is 3.43. The van der Waals surface area contributed by atoms with Crippen molar-refractivity contribution in [2.24, 2.45) is 0 Å². The van der Waals surface area contributed by atoms with Crippen LogP contribution in [0.2, 0.25) is 0 Å². The molecule has 7 heteroatoms. The van der Waals surface area contributed by atoms with Gasteiger partial charge in [-0.1, -0.05) is 12.1 Å². The van der Waals surface area contributed by atoms with Crippen LogP contribution in [0.5, 0.6) is 0 Å². The number of H-pyrrole nitrogens is 1. The fourth-order valence-electron chi connectivity index (χ4n) is 2.66. The summed E-state index contributed by atoms with van der Waals surface area (Å²) in [6.45, 7) is 0. The maximum atomic E-state index is 12.4. The van der Waals surface area contributed by atoms with Gasteiger partial charge in [0.25, 0.3) is 11.8 Å². The largest absolute Gasteiger partial charge is 0.459 e. The van der Waals surface area contributed by atoms with Crippen LogP contribution in [0.15, 0.2) is 83.6 Å². The van der Waals surface area contributed by atoms with Gasteiger partial charge in [-0.3, -0.25) is 14.7 Å². The molecule has 0 saturated heterocycles. The monoisotopic (exact) mass is 372 g/mol. The number of amides is 2. The minimum absolute atomic E-state index is 0.223. The Bertz CT molecular complexity index is 1070. The van der Waals surface area contributed by atoms with Gasteiger partial charge in [0.15, 0.2) is 5.76 Å².